The summed E-state index contributed by atoms with van der Waals surface area (Å²) in [7, 11) is -3.34. The summed E-state index contributed by atoms with van der Waals surface area (Å²) in [5, 5.41) is -0.945. The van der Waals surface area contributed by atoms with E-state index in [-0.39, 0.29) is 17.7 Å². The minimum atomic E-state index is -3.34. The molecule has 1 amide bonds. The highest BCUT2D eigenvalue weighted by atomic mass is 32.2. The van der Waals surface area contributed by atoms with Crippen LogP contribution in [0.5, 0.6) is 0 Å². The lowest BCUT2D eigenvalue weighted by Crippen LogP contribution is -2.47. The fraction of sp³-hybridized carbons (Fsp3) is 0.714. The van der Waals surface area contributed by atoms with Gasteiger partial charge in [0.25, 0.3) is 0 Å². The summed E-state index contributed by atoms with van der Waals surface area (Å²) in [6.07, 6.45) is 7.75. The summed E-state index contributed by atoms with van der Waals surface area (Å²) < 4.78 is 26.1. The predicted octanol–water partition coefficient (Wildman–Crippen LogP) is 1.26. The van der Waals surface area contributed by atoms with Gasteiger partial charge in [0.05, 0.1) is 18.1 Å². The van der Waals surface area contributed by atoms with E-state index in [1.165, 1.54) is 6.92 Å². The number of piperidine rings is 1. The van der Waals surface area contributed by atoms with Crippen LogP contribution in [0, 0.1) is 0 Å². The molecule has 1 aliphatic heterocycles. The lowest BCUT2D eigenvalue weighted by Gasteiger charge is -2.34. The van der Waals surface area contributed by atoms with E-state index in [1.807, 2.05) is 17.7 Å². The highest BCUT2D eigenvalue weighted by Gasteiger charge is 2.33. The van der Waals surface area contributed by atoms with Crippen LogP contribution in [0.15, 0.2) is 18.7 Å². The molecule has 2 heterocycles. The second-order valence-electron chi connectivity index (χ2n) is 5.60. The van der Waals surface area contributed by atoms with Gasteiger partial charge >= 0.3 is 0 Å². The number of amides is 1. The predicted molar refractivity (Wildman–Crippen MR) is 80.6 cm³/mol. The Labute approximate surface area is 126 Å². The number of aromatic nitrogens is 2. The Hall–Kier alpha value is -1.37. The Morgan fingerprint density at radius 2 is 2.24 bits per heavy atom. The molecule has 0 bridgehead atoms. The smallest absolute Gasteiger partial charge is 0.240 e. The molecular weight excluding hydrogens is 290 g/mol. The molecule has 0 saturated carbocycles. The van der Waals surface area contributed by atoms with Crippen molar-refractivity contribution < 1.29 is 13.2 Å². The summed E-state index contributed by atoms with van der Waals surface area (Å²) in [4.78, 5) is 18.2. The van der Waals surface area contributed by atoms with Crippen LogP contribution in [0.4, 0.5) is 0 Å². The van der Waals surface area contributed by atoms with E-state index in [4.69, 9.17) is 0 Å². The van der Waals surface area contributed by atoms with Crippen molar-refractivity contribution >= 4 is 15.7 Å². The van der Waals surface area contributed by atoms with Crippen molar-refractivity contribution in [2.45, 2.75) is 44.4 Å². The third-order valence-electron chi connectivity index (χ3n) is 4.03. The van der Waals surface area contributed by atoms with Gasteiger partial charge < -0.3 is 9.47 Å². The van der Waals surface area contributed by atoms with Crippen LogP contribution in [0.2, 0.25) is 0 Å². The largest absolute Gasteiger partial charge is 0.340 e. The van der Waals surface area contributed by atoms with Crippen LogP contribution in [-0.2, 0) is 14.6 Å². The monoisotopic (exact) mass is 313 g/mol. The van der Waals surface area contributed by atoms with Crippen LogP contribution in [-0.4, -0.2) is 52.9 Å². The quantitative estimate of drug-likeness (QED) is 0.820. The molecule has 0 aromatic carbocycles. The lowest BCUT2D eigenvalue weighted by atomic mass is 10.1. The number of nitrogens with zero attached hydrogens (tertiary/aromatic N) is 3. The van der Waals surface area contributed by atoms with Crippen molar-refractivity contribution in [3.8, 4) is 0 Å². The highest BCUT2D eigenvalue weighted by Crippen LogP contribution is 2.22. The van der Waals surface area contributed by atoms with Crippen molar-refractivity contribution in [2.24, 2.45) is 0 Å². The second kappa shape index (κ2) is 6.60. The average Bonchev–Trinajstić information content (AvgIpc) is 3.00. The molecule has 1 fully saturated rings. The van der Waals surface area contributed by atoms with E-state index in [0.29, 0.717) is 19.5 Å². The molecule has 0 radical (unpaired) electrons. The van der Waals surface area contributed by atoms with Gasteiger partial charge in [-0.05, 0) is 26.2 Å². The Kier molecular flexibility index (Phi) is 5.03. The number of imidazole rings is 1. The van der Waals surface area contributed by atoms with E-state index >= 15 is 0 Å². The fourth-order valence-corrected chi connectivity index (χ4v) is 4.13. The molecule has 6 nitrogen and oxygen atoms in total. The number of carbonyl (C=O) groups is 1. The average molecular weight is 313 g/mol. The van der Waals surface area contributed by atoms with Crippen molar-refractivity contribution in [1.29, 1.82) is 0 Å². The Morgan fingerprint density at radius 1 is 1.48 bits per heavy atom. The van der Waals surface area contributed by atoms with Gasteiger partial charge in [-0.1, -0.05) is 6.92 Å². The maximum atomic E-state index is 12.5. The molecule has 1 aliphatic rings. The summed E-state index contributed by atoms with van der Waals surface area (Å²) in [5.41, 5.74) is 0. The summed E-state index contributed by atoms with van der Waals surface area (Å²) >= 11 is 0. The Bertz CT molecular complexity index is 568. The first-order valence-corrected chi connectivity index (χ1v) is 9.15. The standard InChI is InChI=1S/C14H23N3O3S/c1-3-9-21(19,20)12(2)14(18)16-7-4-5-13(10-16)17-8-6-15-11-17/h6,8,11-13H,3-5,7,9-10H2,1-2H3/t12-,13-/m1/s1. The van der Waals surface area contributed by atoms with Crippen molar-refractivity contribution in [1.82, 2.24) is 14.5 Å². The maximum absolute atomic E-state index is 12.5. The first-order chi connectivity index (χ1) is 9.95. The number of hydrogen-bond acceptors (Lipinski definition) is 4. The van der Waals surface area contributed by atoms with Gasteiger partial charge in [-0.15, -0.1) is 0 Å². The van der Waals surface area contributed by atoms with Gasteiger partial charge in [0.2, 0.25) is 5.91 Å². The lowest BCUT2D eigenvalue weighted by molar-refractivity contribution is -0.132. The SMILES string of the molecule is CCCS(=O)(=O)[C@H](C)C(=O)N1CCC[C@@H](n2ccnc2)C1. The molecule has 2 rings (SSSR count). The van der Waals surface area contributed by atoms with Gasteiger partial charge in [0, 0.05) is 25.5 Å². The third-order valence-corrected chi connectivity index (χ3v) is 6.29. The van der Waals surface area contributed by atoms with Crippen molar-refractivity contribution in [3.63, 3.8) is 0 Å². The fourth-order valence-electron chi connectivity index (χ4n) is 2.76. The second-order valence-corrected chi connectivity index (χ2v) is 8.04. The molecule has 0 aliphatic carbocycles. The van der Waals surface area contributed by atoms with E-state index in [0.717, 1.165) is 12.8 Å². The summed E-state index contributed by atoms with van der Waals surface area (Å²) in [6, 6.07) is 0.186. The molecule has 1 aromatic rings. The van der Waals surface area contributed by atoms with E-state index in [2.05, 4.69) is 4.98 Å². The molecule has 1 aromatic heterocycles. The molecule has 21 heavy (non-hydrogen) atoms. The molecule has 118 valence electrons. The van der Waals surface area contributed by atoms with Gasteiger partial charge in [-0.3, -0.25) is 4.79 Å². The Morgan fingerprint density at radius 3 is 2.86 bits per heavy atom. The number of sulfone groups is 1. The van der Waals surface area contributed by atoms with Crippen LogP contribution in [0.25, 0.3) is 0 Å². The molecule has 0 unspecified atom stereocenters. The molecule has 0 spiro atoms. The van der Waals surface area contributed by atoms with Crippen LogP contribution in [0.1, 0.15) is 39.2 Å². The van der Waals surface area contributed by atoms with E-state index in [1.54, 1.807) is 17.4 Å². The van der Waals surface area contributed by atoms with Gasteiger partial charge in [0.1, 0.15) is 5.25 Å². The Balaban J connectivity index is 2.05. The number of carbonyl (C=O) groups excluding carboxylic acids is 1. The molecule has 1 saturated heterocycles. The first-order valence-electron chi connectivity index (χ1n) is 7.43. The minimum Gasteiger partial charge on any atom is -0.340 e. The third kappa shape index (κ3) is 3.64. The zero-order chi connectivity index (χ0) is 15.5. The van der Waals surface area contributed by atoms with Crippen molar-refractivity contribution in [2.75, 3.05) is 18.8 Å². The van der Waals surface area contributed by atoms with E-state index < -0.39 is 15.1 Å². The molecule has 2 atom stereocenters. The van der Waals surface area contributed by atoms with Crippen LogP contribution in [0.3, 0.4) is 0 Å². The molecule has 0 N–H and O–H groups in total. The summed E-state index contributed by atoms with van der Waals surface area (Å²) in [6.45, 7) is 4.51. The number of rotatable bonds is 5. The van der Waals surface area contributed by atoms with Gasteiger partial charge in [0.15, 0.2) is 9.84 Å². The maximum Gasteiger partial charge on any atom is 0.240 e. The van der Waals surface area contributed by atoms with Crippen LogP contribution >= 0.6 is 0 Å². The molecular formula is C14H23N3O3S. The van der Waals surface area contributed by atoms with Gasteiger partial charge in [-0.2, -0.15) is 0 Å². The minimum absolute atomic E-state index is 0.0682. The topological polar surface area (TPSA) is 72.3 Å². The zero-order valence-electron chi connectivity index (χ0n) is 12.6. The van der Waals surface area contributed by atoms with Crippen molar-refractivity contribution in [3.05, 3.63) is 18.7 Å². The van der Waals surface area contributed by atoms with Gasteiger partial charge in [-0.25, -0.2) is 13.4 Å². The number of hydrogen-bond donors (Lipinski definition) is 0. The van der Waals surface area contributed by atoms with Crippen LogP contribution < -0.4 is 0 Å². The normalized spacial score (nSPS) is 21.2. The molecule has 7 heteroatoms. The zero-order valence-corrected chi connectivity index (χ0v) is 13.4. The summed E-state index contributed by atoms with van der Waals surface area (Å²) in [5.74, 6) is -0.202. The number of likely N-dealkylation sites (tertiary alicyclic amines) is 1. The first kappa shape index (κ1) is 16.0. The highest BCUT2D eigenvalue weighted by molar-refractivity contribution is 7.92. The van der Waals surface area contributed by atoms with E-state index in [9.17, 15) is 13.2 Å².